The molecule has 0 fully saturated rings. The van der Waals surface area contributed by atoms with Crippen molar-refractivity contribution in [2.24, 2.45) is 0 Å². The predicted molar refractivity (Wildman–Crippen MR) is 131 cm³/mol. The summed E-state index contributed by atoms with van der Waals surface area (Å²) < 4.78 is 1.94. The molecule has 1 aromatic carbocycles. The molecule has 172 valence electrons. The molecule has 35 heavy (non-hydrogen) atoms. The van der Waals surface area contributed by atoms with E-state index in [1.54, 1.807) is 43.0 Å². The molecule has 9 heteroatoms. The Bertz CT molecular complexity index is 1640. The van der Waals surface area contributed by atoms with Gasteiger partial charge in [-0.2, -0.15) is 0 Å². The number of amides is 1. The average molecular weight is 482 g/mol. The highest BCUT2D eigenvalue weighted by atomic mass is 32.1. The molecule has 0 spiro atoms. The number of aliphatic hydroxyl groups excluding tert-OH is 1. The number of Topliss-reactive ketones (excluding diaryl/α,β-unsaturated/α-hetero) is 1. The van der Waals surface area contributed by atoms with Crippen LogP contribution in [0.15, 0.2) is 84.7 Å². The number of nitrogens with zero attached hydrogens (tertiary/aromatic N) is 5. The van der Waals surface area contributed by atoms with Gasteiger partial charge in [0, 0.05) is 37.0 Å². The zero-order valence-electron chi connectivity index (χ0n) is 18.6. The van der Waals surface area contributed by atoms with Crippen LogP contribution in [0.25, 0.3) is 16.0 Å². The standard InChI is InChI=1S/C26H19N5O3S/c1-15-24(35-26-29-18-6-2-3-7-19(18)31(15)26)22(32)20-21(17-8-11-27-12-9-17)30(25(34)23(20)33)14-16-5-4-10-28-13-16/h2-13,21,33H,14H2,1H3. The SMILES string of the molecule is Cc1c(C(=O)C2=C(O)C(=O)N(Cc3cccnc3)C2c2ccncc2)sc2nc3ccccc3n12. The van der Waals surface area contributed by atoms with Gasteiger partial charge in [0.05, 0.1) is 27.5 Å². The van der Waals surface area contributed by atoms with Crippen LogP contribution in [-0.2, 0) is 11.3 Å². The molecule has 1 N–H and O–H groups in total. The van der Waals surface area contributed by atoms with Gasteiger partial charge >= 0.3 is 0 Å². The number of fused-ring (bicyclic) bond motifs is 3. The first-order chi connectivity index (χ1) is 17.0. The Labute approximate surface area is 203 Å². The summed E-state index contributed by atoms with van der Waals surface area (Å²) in [5, 5.41) is 11.0. The topological polar surface area (TPSA) is 101 Å². The summed E-state index contributed by atoms with van der Waals surface area (Å²) in [6, 6.07) is 14.1. The Hall–Kier alpha value is -4.37. The van der Waals surface area contributed by atoms with Crippen molar-refractivity contribution in [1.29, 1.82) is 0 Å². The van der Waals surface area contributed by atoms with Crippen molar-refractivity contribution in [3.05, 3.63) is 106 Å². The third-order valence-corrected chi connectivity index (χ3v) is 7.38. The van der Waals surface area contributed by atoms with Crippen LogP contribution in [0.2, 0.25) is 0 Å². The van der Waals surface area contributed by atoms with Crippen molar-refractivity contribution in [2.45, 2.75) is 19.5 Å². The number of pyridine rings is 2. The number of imidazole rings is 1. The van der Waals surface area contributed by atoms with Gasteiger partial charge in [-0.3, -0.25) is 24.0 Å². The van der Waals surface area contributed by atoms with Crippen molar-refractivity contribution in [3.8, 4) is 0 Å². The van der Waals surface area contributed by atoms with Crippen molar-refractivity contribution in [1.82, 2.24) is 24.3 Å². The van der Waals surface area contributed by atoms with E-state index in [0.717, 1.165) is 22.3 Å². The Morgan fingerprint density at radius 1 is 1.06 bits per heavy atom. The van der Waals surface area contributed by atoms with Gasteiger partial charge in [0.1, 0.15) is 0 Å². The lowest BCUT2D eigenvalue weighted by Gasteiger charge is -2.26. The largest absolute Gasteiger partial charge is 0.503 e. The van der Waals surface area contributed by atoms with E-state index >= 15 is 0 Å². The van der Waals surface area contributed by atoms with Gasteiger partial charge in [-0.05, 0) is 48.4 Å². The van der Waals surface area contributed by atoms with E-state index in [2.05, 4.69) is 15.0 Å². The van der Waals surface area contributed by atoms with E-state index < -0.39 is 17.7 Å². The maximum absolute atomic E-state index is 14.0. The minimum atomic E-state index is -0.760. The van der Waals surface area contributed by atoms with Crippen LogP contribution < -0.4 is 0 Å². The molecule has 1 amide bonds. The lowest BCUT2D eigenvalue weighted by molar-refractivity contribution is -0.130. The van der Waals surface area contributed by atoms with Crippen LogP contribution in [0.5, 0.6) is 0 Å². The molecule has 1 aliphatic heterocycles. The smallest absolute Gasteiger partial charge is 0.290 e. The van der Waals surface area contributed by atoms with E-state index in [9.17, 15) is 14.7 Å². The van der Waals surface area contributed by atoms with Crippen LogP contribution in [-0.4, -0.2) is 41.0 Å². The number of hydrogen-bond donors (Lipinski definition) is 1. The summed E-state index contributed by atoms with van der Waals surface area (Å²) in [7, 11) is 0. The number of ketones is 1. The van der Waals surface area contributed by atoms with Crippen LogP contribution in [0.4, 0.5) is 0 Å². The highest BCUT2D eigenvalue weighted by molar-refractivity contribution is 7.19. The van der Waals surface area contributed by atoms with Gasteiger partial charge in [0.15, 0.2) is 10.7 Å². The average Bonchev–Trinajstić information content (AvgIpc) is 3.49. The number of para-hydroxylation sites is 2. The third kappa shape index (κ3) is 3.31. The molecular weight excluding hydrogens is 462 g/mol. The molecule has 5 heterocycles. The lowest BCUT2D eigenvalue weighted by atomic mass is 9.95. The number of hydrogen-bond acceptors (Lipinski definition) is 7. The van der Waals surface area contributed by atoms with Gasteiger partial charge in [0.25, 0.3) is 5.91 Å². The molecule has 0 aliphatic carbocycles. The molecule has 0 radical (unpaired) electrons. The van der Waals surface area contributed by atoms with E-state index in [-0.39, 0.29) is 17.9 Å². The van der Waals surface area contributed by atoms with E-state index in [4.69, 9.17) is 0 Å². The number of aromatic nitrogens is 4. The van der Waals surface area contributed by atoms with Crippen LogP contribution in [0, 0.1) is 6.92 Å². The first kappa shape index (κ1) is 21.2. The van der Waals surface area contributed by atoms with Gasteiger partial charge in [0.2, 0.25) is 5.78 Å². The second kappa shape index (κ2) is 8.14. The number of thiazole rings is 1. The van der Waals surface area contributed by atoms with Crippen LogP contribution in [0.3, 0.4) is 0 Å². The molecular formula is C26H19N5O3S. The number of carbonyl (C=O) groups is 2. The number of rotatable bonds is 5. The summed E-state index contributed by atoms with van der Waals surface area (Å²) >= 11 is 1.26. The van der Waals surface area contributed by atoms with Crippen molar-refractivity contribution >= 4 is 39.0 Å². The number of aliphatic hydroxyl groups is 1. The maximum Gasteiger partial charge on any atom is 0.290 e. The summed E-state index contributed by atoms with van der Waals surface area (Å²) in [5.41, 5.74) is 4.00. The van der Waals surface area contributed by atoms with Crippen LogP contribution >= 0.6 is 11.3 Å². The lowest BCUT2D eigenvalue weighted by Crippen LogP contribution is -2.30. The normalized spacial score (nSPS) is 16.1. The molecule has 0 bridgehead atoms. The van der Waals surface area contributed by atoms with Crippen LogP contribution in [0.1, 0.15) is 32.5 Å². The van der Waals surface area contributed by atoms with E-state index in [1.165, 1.54) is 16.2 Å². The minimum absolute atomic E-state index is 0.0574. The molecule has 0 saturated heterocycles. The Kier molecular flexibility index (Phi) is 4.93. The van der Waals surface area contributed by atoms with Gasteiger partial charge < -0.3 is 10.0 Å². The molecule has 8 nitrogen and oxygen atoms in total. The summed E-state index contributed by atoms with van der Waals surface area (Å²) in [6.45, 7) is 2.05. The zero-order valence-corrected chi connectivity index (χ0v) is 19.4. The quantitative estimate of drug-likeness (QED) is 0.373. The highest BCUT2D eigenvalue weighted by Gasteiger charge is 2.44. The molecule has 1 aliphatic rings. The van der Waals surface area contributed by atoms with Gasteiger partial charge in [-0.1, -0.05) is 29.5 Å². The number of carbonyl (C=O) groups excluding carboxylic acids is 2. The molecule has 1 unspecified atom stereocenters. The monoisotopic (exact) mass is 481 g/mol. The fourth-order valence-corrected chi connectivity index (χ4v) is 5.72. The summed E-state index contributed by atoms with van der Waals surface area (Å²) in [5.74, 6) is -1.51. The third-order valence-electron chi connectivity index (χ3n) is 6.24. The fraction of sp³-hybridized carbons (Fsp3) is 0.115. The van der Waals surface area contributed by atoms with Gasteiger partial charge in [-0.25, -0.2) is 4.98 Å². The summed E-state index contributed by atoms with van der Waals surface area (Å²) in [6.07, 6.45) is 6.53. The first-order valence-corrected chi connectivity index (χ1v) is 11.8. The maximum atomic E-state index is 14.0. The van der Waals surface area contributed by atoms with Crippen molar-refractivity contribution < 1.29 is 14.7 Å². The Morgan fingerprint density at radius 3 is 2.63 bits per heavy atom. The number of aryl methyl sites for hydroxylation is 1. The minimum Gasteiger partial charge on any atom is -0.503 e. The molecule has 0 saturated carbocycles. The fourth-order valence-electron chi connectivity index (χ4n) is 4.63. The Balaban J connectivity index is 1.47. The number of benzene rings is 1. The molecule has 6 rings (SSSR count). The predicted octanol–water partition coefficient (Wildman–Crippen LogP) is 4.43. The van der Waals surface area contributed by atoms with Crippen molar-refractivity contribution in [3.63, 3.8) is 0 Å². The van der Waals surface area contributed by atoms with E-state index in [0.29, 0.717) is 15.4 Å². The second-order valence-corrected chi connectivity index (χ2v) is 9.28. The second-order valence-electron chi connectivity index (χ2n) is 8.30. The van der Waals surface area contributed by atoms with E-state index in [1.807, 2.05) is 41.7 Å². The Morgan fingerprint density at radius 2 is 1.86 bits per heavy atom. The summed E-state index contributed by atoms with van der Waals surface area (Å²) in [4.78, 5) is 42.7. The molecule has 5 aromatic rings. The van der Waals surface area contributed by atoms with Gasteiger partial charge in [-0.15, -0.1) is 0 Å². The molecule has 4 aromatic heterocycles. The molecule has 1 atom stereocenters. The zero-order chi connectivity index (χ0) is 24.1. The first-order valence-electron chi connectivity index (χ1n) is 11.0. The highest BCUT2D eigenvalue weighted by Crippen LogP contribution is 2.41. The van der Waals surface area contributed by atoms with Crippen molar-refractivity contribution in [2.75, 3.05) is 0 Å².